The summed E-state index contributed by atoms with van der Waals surface area (Å²) in [5.41, 5.74) is 4.68. The van der Waals surface area contributed by atoms with Crippen molar-refractivity contribution < 1.29 is 4.79 Å². The first-order valence-electron chi connectivity index (χ1n) is 9.92. The molecule has 0 aliphatic rings. The summed E-state index contributed by atoms with van der Waals surface area (Å²) in [4.78, 5) is 32.0. The highest BCUT2D eigenvalue weighted by molar-refractivity contribution is 7.22. The maximum Gasteiger partial charge on any atom is 0.262 e. The number of hydrogen-bond acceptors (Lipinski definition) is 4. The molecule has 1 N–H and O–H groups in total. The highest BCUT2D eigenvalue weighted by Crippen LogP contribution is 2.35. The largest absolute Gasteiger partial charge is 0.324 e. The highest BCUT2D eigenvalue weighted by Gasteiger charge is 2.17. The van der Waals surface area contributed by atoms with Crippen molar-refractivity contribution >= 4 is 33.1 Å². The molecule has 6 heteroatoms. The predicted molar refractivity (Wildman–Crippen MR) is 123 cm³/mol. The number of aromatic nitrogens is 2. The number of amides is 1. The summed E-state index contributed by atoms with van der Waals surface area (Å²) in [6.45, 7) is 5.88. The van der Waals surface area contributed by atoms with Gasteiger partial charge in [-0.25, -0.2) is 4.98 Å². The topological polar surface area (TPSA) is 64.0 Å². The second-order valence-electron chi connectivity index (χ2n) is 7.29. The van der Waals surface area contributed by atoms with Crippen LogP contribution in [-0.2, 0) is 17.8 Å². The van der Waals surface area contributed by atoms with Crippen molar-refractivity contribution in [2.45, 2.75) is 33.7 Å². The molecular weight excluding hydrogens is 394 g/mol. The third-order valence-electron chi connectivity index (χ3n) is 5.27. The molecule has 0 bridgehead atoms. The minimum Gasteiger partial charge on any atom is -0.324 e. The number of fused-ring (bicyclic) bond motifs is 1. The molecule has 4 rings (SSSR count). The Labute approximate surface area is 179 Å². The maximum atomic E-state index is 13.1. The summed E-state index contributed by atoms with van der Waals surface area (Å²) < 4.78 is 1.38. The lowest BCUT2D eigenvalue weighted by molar-refractivity contribution is -0.116. The number of rotatable bonds is 5. The van der Waals surface area contributed by atoms with Gasteiger partial charge < -0.3 is 5.32 Å². The van der Waals surface area contributed by atoms with E-state index in [0.29, 0.717) is 10.2 Å². The van der Waals surface area contributed by atoms with Gasteiger partial charge in [0, 0.05) is 10.6 Å². The maximum absolute atomic E-state index is 13.1. The average molecular weight is 418 g/mol. The number of thiophene rings is 1. The summed E-state index contributed by atoms with van der Waals surface area (Å²) >= 11 is 1.50. The first-order chi connectivity index (χ1) is 14.5. The minimum absolute atomic E-state index is 0.0742. The Hall–Kier alpha value is -3.25. The molecule has 2 heterocycles. The fraction of sp³-hybridized carbons (Fsp3) is 0.208. The van der Waals surface area contributed by atoms with Crippen LogP contribution in [0.15, 0.2) is 59.7 Å². The SMILES string of the molecule is CCc1cccc(C)c1NC(=O)Cn1cnc2sc(-c3ccccc3)c(C)c2c1=O. The molecule has 152 valence electrons. The van der Waals surface area contributed by atoms with Crippen molar-refractivity contribution in [3.05, 3.63) is 81.9 Å². The van der Waals surface area contributed by atoms with Crippen LogP contribution in [0.25, 0.3) is 20.7 Å². The molecule has 2 aromatic heterocycles. The quantitative estimate of drug-likeness (QED) is 0.500. The lowest BCUT2D eigenvalue weighted by Gasteiger charge is -2.13. The van der Waals surface area contributed by atoms with E-state index in [1.54, 1.807) is 0 Å². The number of carbonyl (C=O) groups is 1. The van der Waals surface area contributed by atoms with E-state index in [0.717, 1.165) is 39.2 Å². The molecule has 0 radical (unpaired) electrons. The van der Waals surface area contributed by atoms with Crippen molar-refractivity contribution in [1.29, 1.82) is 0 Å². The van der Waals surface area contributed by atoms with Gasteiger partial charge in [0.2, 0.25) is 5.91 Å². The van der Waals surface area contributed by atoms with Gasteiger partial charge in [0.15, 0.2) is 0 Å². The number of hydrogen-bond donors (Lipinski definition) is 1. The minimum atomic E-state index is -0.238. The fourth-order valence-corrected chi connectivity index (χ4v) is 4.82. The van der Waals surface area contributed by atoms with E-state index in [2.05, 4.69) is 17.2 Å². The molecule has 5 nitrogen and oxygen atoms in total. The van der Waals surface area contributed by atoms with E-state index in [1.807, 2.05) is 62.4 Å². The Morgan fingerprint density at radius 2 is 1.87 bits per heavy atom. The van der Waals surface area contributed by atoms with E-state index >= 15 is 0 Å². The van der Waals surface area contributed by atoms with Crippen LogP contribution in [0.2, 0.25) is 0 Å². The number of aryl methyl sites for hydroxylation is 3. The number of nitrogens with zero attached hydrogens (tertiary/aromatic N) is 2. The Morgan fingerprint density at radius 3 is 2.60 bits per heavy atom. The molecule has 0 fully saturated rings. The summed E-state index contributed by atoms with van der Waals surface area (Å²) in [5.74, 6) is -0.238. The number of nitrogens with one attached hydrogen (secondary N) is 1. The Morgan fingerprint density at radius 1 is 1.10 bits per heavy atom. The standard InChI is InChI=1S/C24H23N3O2S/c1-4-17-12-8-9-15(2)21(17)26-19(28)13-27-14-25-23-20(24(27)29)16(3)22(30-23)18-10-6-5-7-11-18/h5-12,14H,4,13H2,1-3H3,(H,26,28). The molecule has 0 atom stereocenters. The van der Waals surface area contributed by atoms with Crippen LogP contribution in [0.3, 0.4) is 0 Å². The van der Waals surface area contributed by atoms with Gasteiger partial charge in [-0.2, -0.15) is 0 Å². The monoisotopic (exact) mass is 417 g/mol. The van der Waals surface area contributed by atoms with Crippen LogP contribution in [0.1, 0.15) is 23.6 Å². The molecule has 2 aromatic carbocycles. The van der Waals surface area contributed by atoms with Crippen molar-refractivity contribution in [2.75, 3.05) is 5.32 Å². The Kier molecular flexibility index (Phi) is 5.50. The first-order valence-corrected chi connectivity index (χ1v) is 10.7. The van der Waals surface area contributed by atoms with Gasteiger partial charge in [0.25, 0.3) is 5.56 Å². The normalized spacial score (nSPS) is 11.0. The molecule has 0 saturated heterocycles. The third-order valence-corrected chi connectivity index (χ3v) is 6.52. The van der Waals surface area contributed by atoms with Crippen LogP contribution in [-0.4, -0.2) is 15.5 Å². The van der Waals surface area contributed by atoms with Crippen molar-refractivity contribution in [3.63, 3.8) is 0 Å². The van der Waals surface area contributed by atoms with E-state index in [9.17, 15) is 9.59 Å². The smallest absolute Gasteiger partial charge is 0.262 e. The second-order valence-corrected chi connectivity index (χ2v) is 8.29. The molecule has 30 heavy (non-hydrogen) atoms. The molecular formula is C24H23N3O2S. The van der Waals surface area contributed by atoms with Gasteiger partial charge in [-0.15, -0.1) is 11.3 Å². The zero-order valence-corrected chi connectivity index (χ0v) is 18.0. The molecule has 0 saturated carbocycles. The van der Waals surface area contributed by atoms with Crippen molar-refractivity contribution in [3.8, 4) is 10.4 Å². The van der Waals surface area contributed by atoms with Crippen molar-refractivity contribution in [1.82, 2.24) is 9.55 Å². The summed E-state index contributed by atoms with van der Waals surface area (Å²) in [6.07, 6.45) is 2.29. The van der Waals surface area contributed by atoms with E-state index in [4.69, 9.17) is 0 Å². The van der Waals surface area contributed by atoms with E-state index < -0.39 is 0 Å². The van der Waals surface area contributed by atoms with Crippen LogP contribution in [0, 0.1) is 13.8 Å². The predicted octanol–water partition coefficient (Wildman–Crippen LogP) is 4.94. The number of anilines is 1. The van der Waals surface area contributed by atoms with Crippen LogP contribution in [0.4, 0.5) is 5.69 Å². The molecule has 0 spiro atoms. The summed E-state index contributed by atoms with van der Waals surface area (Å²) in [7, 11) is 0. The average Bonchev–Trinajstić information content (AvgIpc) is 3.09. The lowest BCUT2D eigenvalue weighted by Crippen LogP contribution is -2.28. The molecule has 0 aliphatic heterocycles. The van der Waals surface area contributed by atoms with Crippen LogP contribution in [0.5, 0.6) is 0 Å². The first kappa shape index (κ1) is 20.0. The lowest BCUT2D eigenvalue weighted by atomic mass is 10.1. The van der Waals surface area contributed by atoms with Gasteiger partial charge in [-0.3, -0.25) is 14.2 Å². The fourth-order valence-electron chi connectivity index (χ4n) is 3.67. The third kappa shape index (κ3) is 3.66. The second kappa shape index (κ2) is 8.24. The van der Waals surface area contributed by atoms with Gasteiger partial charge >= 0.3 is 0 Å². The van der Waals surface area contributed by atoms with Gasteiger partial charge in [0.05, 0.1) is 11.7 Å². The van der Waals surface area contributed by atoms with E-state index in [1.165, 1.54) is 22.2 Å². The van der Waals surface area contributed by atoms with E-state index in [-0.39, 0.29) is 18.0 Å². The zero-order valence-electron chi connectivity index (χ0n) is 17.2. The summed E-state index contributed by atoms with van der Waals surface area (Å²) in [5, 5.41) is 3.56. The van der Waals surface area contributed by atoms with Crippen LogP contribution >= 0.6 is 11.3 Å². The Bertz CT molecular complexity index is 1290. The molecule has 1 amide bonds. The Balaban J connectivity index is 1.66. The van der Waals surface area contributed by atoms with Gasteiger partial charge in [-0.05, 0) is 42.5 Å². The summed E-state index contributed by atoms with van der Waals surface area (Å²) in [6, 6.07) is 15.9. The number of benzene rings is 2. The van der Waals surface area contributed by atoms with Gasteiger partial charge in [0.1, 0.15) is 11.4 Å². The van der Waals surface area contributed by atoms with Gasteiger partial charge in [-0.1, -0.05) is 55.5 Å². The number of carbonyl (C=O) groups excluding carboxylic acids is 1. The number of para-hydroxylation sites is 1. The molecule has 4 aromatic rings. The molecule has 0 aliphatic carbocycles. The van der Waals surface area contributed by atoms with Crippen LogP contribution < -0.4 is 10.9 Å². The zero-order chi connectivity index (χ0) is 21.3. The molecule has 0 unspecified atom stereocenters. The van der Waals surface area contributed by atoms with Crippen molar-refractivity contribution in [2.24, 2.45) is 0 Å². The highest BCUT2D eigenvalue weighted by atomic mass is 32.1.